The summed E-state index contributed by atoms with van der Waals surface area (Å²) in [6, 6.07) is 21.4. The van der Waals surface area contributed by atoms with Crippen LogP contribution in [0.1, 0.15) is 5.56 Å². The second kappa shape index (κ2) is 6.67. The standard InChI is InChI=1S/C19H16ClNO2S/c1-14-8-10-19(11-9-14)24(22,23)21-18-7-3-5-16(13-18)15-4-2-6-17(20)12-15/h2-13,21H,1H3. The van der Waals surface area contributed by atoms with Gasteiger partial charge in [-0.1, -0.05) is 53.6 Å². The monoisotopic (exact) mass is 357 g/mol. The highest BCUT2D eigenvalue weighted by molar-refractivity contribution is 7.92. The van der Waals surface area contributed by atoms with Crippen molar-refractivity contribution in [2.75, 3.05) is 4.72 Å². The summed E-state index contributed by atoms with van der Waals surface area (Å²) >= 11 is 6.02. The van der Waals surface area contributed by atoms with Crippen LogP contribution in [0.15, 0.2) is 77.7 Å². The van der Waals surface area contributed by atoms with Crippen molar-refractivity contribution < 1.29 is 8.42 Å². The van der Waals surface area contributed by atoms with Gasteiger partial charge in [-0.25, -0.2) is 8.42 Å². The average Bonchev–Trinajstić information content (AvgIpc) is 2.55. The predicted molar refractivity (Wildman–Crippen MR) is 98.9 cm³/mol. The average molecular weight is 358 g/mol. The molecule has 3 aromatic carbocycles. The Morgan fingerprint density at radius 3 is 2.12 bits per heavy atom. The van der Waals surface area contributed by atoms with Crippen molar-refractivity contribution in [1.82, 2.24) is 0 Å². The van der Waals surface area contributed by atoms with Crippen molar-refractivity contribution in [3.05, 3.63) is 83.4 Å². The quantitative estimate of drug-likeness (QED) is 0.704. The van der Waals surface area contributed by atoms with Gasteiger partial charge in [0.2, 0.25) is 0 Å². The molecule has 0 aliphatic carbocycles. The van der Waals surface area contributed by atoms with Gasteiger partial charge in [0.15, 0.2) is 0 Å². The minimum absolute atomic E-state index is 0.237. The summed E-state index contributed by atoms with van der Waals surface area (Å²) in [7, 11) is -3.61. The van der Waals surface area contributed by atoms with Gasteiger partial charge in [-0.15, -0.1) is 0 Å². The van der Waals surface area contributed by atoms with E-state index < -0.39 is 10.0 Å². The first-order valence-corrected chi connectivity index (χ1v) is 9.26. The van der Waals surface area contributed by atoms with Crippen LogP contribution >= 0.6 is 11.6 Å². The molecule has 0 aliphatic heterocycles. The van der Waals surface area contributed by atoms with Crippen molar-refractivity contribution in [2.24, 2.45) is 0 Å². The van der Waals surface area contributed by atoms with Crippen LogP contribution in [0.25, 0.3) is 11.1 Å². The zero-order valence-corrected chi connectivity index (χ0v) is 14.6. The molecule has 0 aliphatic rings. The Bertz CT molecular complexity index is 967. The molecule has 0 unspecified atom stereocenters. The van der Waals surface area contributed by atoms with E-state index in [1.165, 1.54) is 0 Å². The molecular weight excluding hydrogens is 342 g/mol. The summed E-state index contributed by atoms with van der Waals surface area (Å²) in [5, 5.41) is 0.637. The lowest BCUT2D eigenvalue weighted by Crippen LogP contribution is -2.12. The number of sulfonamides is 1. The highest BCUT2D eigenvalue weighted by Crippen LogP contribution is 2.26. The van der Waals surface area contributed by atoms with Crippen LogP contribution in [0.5, 0.6) is 0 Å². The second-order valence-corrected chi connectivity index (χ2v) is 7.63. The van der Waals surface area contributed by atoms with Gasteiger partial charge < -0.3 is 0 Å². The fourth-order valence-electron chi connectivity index (χ4n) is 2.36. The van der Waals surface area contributed by atoms with Gasteiger partial charge in [-0.05, 0) is 54.4 Å². The van der Waals surface area contributed by atoms with Crippen LogP contribution in [0, 0.1) is 6.92 Å². The van der Waals surface area contributed by atoms with Gasteiger partial charge in [-0.2, -0.15) is 0 Å². The maximum Gasteiger partial charge on any atom is 0.261 e. The molecule has 3 aromatic rings. The molecular formula is C19H16ClNO2S. The summed E-state index contributed by atoms with van der Waals surface area (Å²) in [5.41, 5.74) is 3.34. The number of hydrogen-bond acceptors (Lipinski definition) is 2. The molecule has 5 heteroatoms. The summed E-state index contributed by atoms with van der Waals surface area (Å²) in [6.07, 6.45) is 0. The van der Waals surface area contributed by atoms with E-state index in [1.807, 2.05) is 37.3 Å². The Hall–Kier alpha value is -2.30. The van der Waals surface area contributed by atoms with E-state index in [4.69, 9.17) is 11.6 Å². The Labute approximate surface area is 147 Å². The number of anilines is 1. The number of hydrogen-bond donors (Lipinski definition) is 1. The van der Waals surface area contributed by atoms with Crippen molar-refractivity contribution >= 4 is 27.3 Å². The van der Waals surface area contributed by atoms with Crippen molar-refractivity contribution in [3.63, 3.8) is 0 Å². The number of halogens is 1. The SMILES string of the molecule is Cc1ccc(S(=O)(=O)Nc2cccc(-c3cccc(Cl)c3)c2)cc1. The Balaban J connectivity index is 1.91. The van der Waals surface area contributed by atoms with Gasteiger partial charge in [0, 0.05) is 10.7 Å². The third-order valence-corrected chi connectivity index (χ3v) is 5.24. The van der Waals surface area contributed by atoms with Crippen molar-refractivity contribution in [2.45, 2.75) is 11.8 Å². The molecule has 1 N–H and O–H groups in total. The molecule has 0 radical (unpaired) electrons. The zero-order valence-electron chi connectivity index (χ0n) is 13.0. The lowest BCUT2D eigenvalue weighted by Gasteiger charge is -2.10. The highest BCUT2D eigenvalue weighted by atomic mass is 35.5. The summed E-state index contributed by atoms with van der Waals surface area (Å²) < 4.78 is 27.6. The smallest absolute Gasteiger partial charge is 0.261 e. The van der Waals surface area contributed by atoms with Crippen molar-refractivity contribution in [1.29, 1.82) is 0 Å². The normalized spacial score (nSPS) is 11.2. The molecule has 0 fully saturated rings. The molecule has 0 saturated heterocycles. The molecule has 0 atom stereocenters. The molecule has 122 valence electrons. The van der Waals surface area contributed by atoms with Crippen LogP contribution < -0.4 is 4.72 Å². The van der Waals surface area contributed by atoms with Crippen LogP contribution in [-0.4, -0.2) is 8.42 Å². The Morgan fingerprint density at radius 1 is 0.833 bits per heavy atom. The Morgan fingerprint density at radius 2 is 1.46 bits per heavy atom. The first-order chi connectivity index (χ1) is 11.4. The first-order valence-electron chi connectivity index (χ1n) is 7.39. The summed E-state index contributed by atoms with van der Waals surface area (Å²) in [6.45, 7) is 1.91. The maximum atomic E-state index is 12.5. The van der Waals surface area contributed by atoms with Crippen molar-refractivity contribution in [3.8, 4) is 11.1 Å². The van der Waals surface area contributed by atoms with Crippen LogP contribution in [0.2, 0.25) is 5.02 Å². The number of aryl methyl sites for hydroxylation is 1. The molecule has 0 heterocycles. The van der Waals surface area contributed by atoms with E-state index in [2.05, 4.69) is 4.72 Å². The van der Waals surface area contributed by atoms with Crippen LogP contribution in [0.4, 0.5) is 5.69 Å². The fraction of sp³-hybridized carbons (Fsp3) is 0.0526. The van der Waals surface area contributed by atoms with E-state index in [9.17, 15) is 8.42 Å². The number of rotatable bonds is 4. The molecule has 24 heavy (non-hydrogen) atoms. The molecule has 3 rings (SSSR count). The molecule has 0 amide bonds. The fourth-order valence-corrected chi connectivity index (χ4v) is 3.60. The minimum Gasteiger partial charge on any atom is -0.280 e. The molecule has 0 aromatic heterocycles. The number of benzene rings is 3. The lowest BCUT2D eigenvalue weighted by atomic mass is 10.1. The Kier molecular flexibility index (Phi) is 4.60. The zero-order chi connectivity index (χ0) is 17.2. The van der Waals surface area contributed by atoms with Gasteiger partial charge in [0.1, 0.15) is 0 Å². The third kappa shape index (κ3) is 3.78. The van der Waals surface area contributed by atoms with E-state index in [0.29, 0.717) is 10.7 Å². The summed E-state index contributed by atoms with van der Waals surface area (Å²) in [5.74, 6) is 0. The first kappa shape index (κ1) is 16.6. The summed E-state index contributed by atoms with van der Waals surface area (Å²) in [4.78, 5) is 0.237. The largest absolute Gasteiger partial charge is 0.280 e. The second-order valence-electron chi connectivity index (χ2n) is 5.51. The molecule has 0 spiro atoms. The maximum absolute atomic E-state index is 12.5. The van der Waals surface area contributed by atoms with E-state index in [1.54, 1.807) is 42.5 Å². The predicted octanol–water partition coefficient (Wildman–Crippen LogP) is 5.12. The lowest BCUT2D eigenvalue weighted by molar-refractivity contribution is 0.601. The van der Waals surface area contributed by atoms with E-state index >= 15 is 0 Å². The van der Waals surface area contributed by atoms with Gasteiger partial charge in [0.05, 0.1) is 4.90 Å². The molecule has 0 saturated carbocycles. The highest BCUT2D eigenvalue weighted by Gasteiger charge is 2.14. The van der Waals surface area contributed by atoms with Crippen LogP contribution in [0.3, 0.4) is 0 Å². The van der Waals surface area contributed by atoms with Gasteiger partial charge in [0.25, 0.3) is 10.0 Å². The van der Waals surface area contributed by atoms with E-state index in [-0.39, 0.29) is 4.90 Å². The molecule has 0 bridgehead atoms. The van der Waals surface area contributed by atoms with Gasteiger partial charge in [-0.3, -0.25) is 4.72 Å². The topological polar surface area (TPSA) is 46.2 Å². The third-order valence-electron chi connectivity index (χ3n) is 3.60. The van der Waals surface area contributed by atoms with Gasteiger partial charge >= 0.3 is 0 Å². The minimum atomic E-state index is -3.61. The van der Waals surface area contributed by atoms with Crippen LogP contribution in [-0.2, 0) is 10.0 Å². The van der Waals surface area contributed by atoms with E-state index in [0.717, 1.165) is 16.7 Å². The number of nitrogens with one attached hydrogen (secondary N) is 1. The molecule has 3 nitrogen and oxygen atoms in total.